The molecule has 1 amide bonds. The van der Waals surface area contributed by atoms with E-state index in [-0.39, 0.29) is 0 Å². The summed E-state index contributed by atoms with van der Waals surface area (Å²) in [6, 6.07) is -1.29. The van der Waals surface area contributed by atoms with Gasteiger partial charge in [-0.3, -0.25) is 4.79 Å². The summed E-state index contributed by atoms with van der Waals surface area (Å²) < 4.78 is 18.0. The summed E-state index contributed by atoms with van der Waals surface area (Å²) in [7, 11) is 0. The van der Waals surface area contributed by atoms with E-state index >= 15 is 0 Å². The first-order valence-electron chi connectivity index (χ1n) is 5.82. The van der Waals surface area contributed by atoms with Crippen LogP contribution in [0.4, 0.5) is 9.18 Å². The third-order valence-corrected chi connectivity index (χ3v) is 2.99. The summed E-state index contributed by atoms with van der Waals surface area (Å²) >= 11 is 0. The van der Waals surface area contributed by atoms with Crippen molar-refractivity contribution in [2.45, 2.75) is 46.1 Å². The summed E-state index contributed by atoms with van der Waals surface area (Å²) in [6.45, 7) is 7.71. The maximum atomic E-state index is 12.8. The van der Waals surface area contributed by atoms with Crippen LogP contribution >= 0.6 is 0 Å². The molecule has 0 atom stereocenters. The average molecular weight is 245 g/mol. The van der Waals surface area contributed by atoms with E-state index in [0.717, 1.165) is 0 Å². The molecule has 0 aromatic rings. The Morgan fingerprint density at radius 1 is 1.24 bits per heavy atom. The molecule has 17 heavy (non-hydrogen) atoms. The zero-order valence-electron chi connectivity index (χ0n) is 10.9. The van der Waals surface area contributed by atoms with Crippen molar-refractivity contribution in [1.29, 1.82) is 0 Å². The minimum Gasteiger partial charge on any atom is -0.444 e. The van der Waals surface area contributed by atoms with Crippen LogP contribution in [-0.2, 0) is 9.53 Å². The number of carbonyl (C=O) groups excluding carboxylic acids is 2. The van der Waals surface area contributed by atoms with Gasteiger partial charge >= 0.3 is 12.1 Å². The van der Waals surface area contributed by atoms with E-state index in [1.807, 2.05) is 0 Å². The summed E-state index contributed by atoms with van der Waals surface area (Å²) in [5, 5.41) is 0. The Bertz CT molecular complexity index is 314. The highest BCUT2D eigenvalue weighted by atomic mass is 19.1. The predicted molar refractivity (Wildman–Crippen MR) is 61.3 cm³/mol. The Labute approximate surface area is 101 Å². The van der Waals surface area contributed by atoms with E-state index in [2.05, 4.69) is 0 Å². The second-order valence-electron chi connectivity index (χ2n) is 5.80. The number of ether oxygens (including phenoxy) is 1. The number of piperidine rings is 1. The maximum Gasteiger partial charge on any atom is 0.410 e. The highest BCUT2D eigenvalue weighted by molar-refractivity contribution is 5.76. The molecule has 0 aromatic heterocycles. The topological polar surface area (TPSA) is 46.6 Å². The van der Waals surface area contributed by atoms with Crippen LogP contribution in [0.3, 0.4) is 0 Å². The Kier molecular flexibility index (Phi) is 3.79. The highest BCUT2D eigenvalue weighted by Gasteiger charge is 2.39. The summed E-state index contributed by atoms with van der Waals surface area (Å²) in [5.74, 6) is 0. The van der Waals surface area contributed by atoms with Crippen molar-refractivity contribution in [3.05, 3.63) is 0 Å². The molecule has 1 aliphatic rings. The molecule has 1 rings (SSSR count). The third kappa shape index (κ3) is 3.68. The first kappa shape index (κ1) is 13.9. The first-order chi connectivity index (χ1) is 7.64. The van der Waals surface area contributed by atoms with Crippen LogP contribution in [0.5, 0.6) is 0 Å². The monoisotopic (exact) mass is 245 g/mol. The lowest BCUT2D eigenvalue weighted by Crippen LogP contribution is -2.46. The largest absolute Gasteiger partial charge is 0.444 e. The zero-order chi connectivity index (χ0) is 13.3. The smallest absolute Gasteiger partial charge is 0.410 e. The van der Waals surface area contributed by atoms with Gasteiger partial charge in [0, 0.05) is 13.1 Å². The molecular formula is C12H20FNO3. The Morgan fingerprint density at radius 3 is 2.06 bits per heavy atom. The number of hydrogen-bond donors (Lipinski definition) is 0. The molecule has 1 heterocycles. The van der Waals surface area contributed by atoms with E-state index in [9.17, 15) is 14.0 Å². The van der Waals surface area contributed by atoms with Crippen molar-refractivity contribution in [3.63, 3.8) is 0 Å². The van der Waals surface area contributed by atoms with Crippen LogP contribution in [0.1, 0.15) is 40.5 Å². The van der Waals surface area contributed by atoms with Crippen molar-refractivity contribution < 1.29 is 18.7 Å². The minimum atomic E-state index is -1.29. The lowest BCUT2D eigenvalue weighted by atomic mass is 9.81. The summed E-state index contributed by atoms with van der Waals surface area (Å²) in [5.41, 5.74) is -1.47. The van der Waals surface area contributed by atoms with Crippen LogP contribution in [0.25, 0.3) is 0 Å². The second-order valence-corrected chi connectivity index (χ2v) is 5.80. The van der Waals surface area contributed by atoms with Crippen LogP contribution < -0.4 is 0 Å². The van der Waals surface area contributed by atoms with Gasteiger partial charge in [-0.15, -0.1) is 0 Å². The third-order valence-electron chi connectivity index (χ3n) is 2.99. The molecule has 0 unspecified atom stereocenters. The van der Waals surface area contributed by atoms with Crippen LogP contribution in [0.15, 0.2) is 0 Å². The molecule has 0 radical (unpaired) electrons. The minimum absolute atomic E-state index is 0.349. The average Bonchev–Trinajstić information content (AvgIpc) is 2.15. The normalized spacial score (nSPS) is 19.9. The van der Waals surface area contributed by atoms with Crippen molar-refractivity contribution in [2.24, 2.45) is 5.41 Å². The molecule has 5 heteroatoms. The molecule has 98 valence electrons. The number of likely N-dealkylation sites (tertiary alicyclic amines) is 1. The fraction of sp³-hybridized carbons (Fsp3) is 0.833. The van der Waals surface area contributed by atoms with Crippen LogP contribution in [0.2, 0.25) is 0 Å². The van der Waals surface area contributed by atoms with E-state index in [0.29, 0.717) is 25.9 Å². The van der Waals surface area contributed by atoms with E-state index in [1.54, 1.807) is 27.7 Å². The van der Waals surface area contributed by atoms with Gasteiger partial charge in [0.25, 0.3) is 0 Å². The summed E-state index contributed by atoms with van der Waals surface area (Å²) in [6.07, 6.45) is 0.300. The molecule has 0 bridgehead atoms. The van der Waals surface area contributed by atoms with Gasteiger partial charge in [-0.05, 0) is 40.5 Å². The Morgan fingerprint density at radius 2 is 1.71 bits per heavy atom. The van der Waals surface area contributed by atoms with Crippen molar-refractivity contribution in [1.82, 2.24) is 4.90 Å². The predicted octanol–water partition coefficient (Wildman–Crippen LogP) is 2.52. The number of carbonyl (C=O) groups is 2. The highest BCUT2D eigenvalue weighted by Crippen LogP contribution is 2.32. The number of rotatable bonds is 1. The Balaban J connectivity index is 2.53. The van der Waals surface area contributed by atoms with Crippen LogP contribution in [-0.4, -0.2) is 35.7 Å². The van der Waals surface area contributed by atoms with Gasteiger partial charge in [-0.25, -0.2) is 4.79 Å². The lowest BCUT2D eigenvalue weighted by molar-refractivity contribution is -0.142. The first-order valence-corrected chi connectivity index (χ1v) is 5.82. The standard InChI is InChI=1S/C12H20FNO3/c1-11(2,3)17-10(16)14-7-5-12(4,6-8-14)9(13)15/h5-8H2,1-4H3. The maximum absolute atomic E-state index is 12.8. The number of nitrogens with zero attached hydrogens (tertiary/aromatic N) is 1. The van der Waals surface area contributed by atoms with Gasteiger partial charge in [0.05, 0.1) is 5.41 Å². The molecule has 0 saturated carbocycles. The molecule has 0 aromatic carbocycles. The SMILES string of the molecule is CC(C)(C)OC(=O)N1CCC(C)(C(=O)F)CC1. The van der Waals surface area contributed by atoms with Crippen molar-refractivity contribution in [3.8, 4) is 0 Å². The van der Waals surface area contributed by atoms with Crippen molar-refractivity contribution in [2.75, 3.05) is 13.1 Å². The zero-order valence-corrected chi connectivity index (χ0v) is 10.9. The second kappa shape index (κ2) is 4.63. The quantitative estimate of drug-likeness (QED) is 0.667. The number of amides is 1. The lowest BCUT2D eigenvalue weighted by Gasteiger charge is -2.36. The molecule has 0 N–H and O–H groups in total. The molecule has 1 saturated heterocycles. The number of hydrogen-bond acceptors (Lipinski definition) is 3. The number of halogens is 1. The fourth-order valence-corrected chi connectivity index (χ4v) is 1.71. The Hall–Kier alpha value is -1.13. The van der Waals surface area contributed by atoms with Gasteiger partial charge in [0.2, 0.25) is 0 Å². The van der Waals surface area contributed by atoms with Gasteiger partial charge in [0.15, 0.2) is 0 Å². The van der Waals surface area contributed by atoms with Gasteiger partial charge in [0.1, 0.15) is 5.60 Å². The molecule has 1 fully saturated rings. The molecule has 4 nitrogen and oxygen atoms in total. The van der Waals surface area contributed by atoms with Crippen molar-refractivity contribution >= 4 is 12.1 Å². The molecule has 1 aliphatic heterocycles. The van der Waals surface area contributed by atoms with Gasteiger partial charge in [-0.1, -0.05) is 0 Å². The van der Waals surface area contributed by atoms with E-state index < -0.39 is 23.1 Å². The molecular weight excluding hydrogens is 225 g/mol. The van der Waals surface area contributed by atoms with E-state index in [4.69, 9.17) is 4.74 Å². The molecule has 0 spiro atoms. The van der Waals surface area contributed by atoms with Gasteiger partial charge in [-0.2, -0.15) is 4.39 Å². The van der Waals surface area contributed by atoms with E-state index in [1.165, 1.54) is 4.90 Å². The fourth-order valence-electron chi connectivity index (χ4n) is 1.71. The molecule has 0 aliphatic carbocycles. The van der Waals surface area contributed by atoms with Gasteiger partial charge < -0.3 is 9.64 Å². The van der Waals surface area contributed by atoms with Crippen LogP contribution in [0, 0.1) is 5.41 Å². The summed E-state index contributed by atoms with van der Waals surface area (Å²) in [4.78, 5) is 24.1.